The maximum Gasteiger partial charge on any atom is 0.133 e. The lowest BCUT2D eigenvalue weighted by molar-refractivity contribution is -0.122. The van der Waals surface area contributed by atoms with Crippen molar-refractivity contribution in [2.75, 3.05) is 13.2 Å². The van der Waals surface area contributed by atoms with E-state index in [0.29, 0.717) is 6.42 Å². The first-order chi connectivity index (χ1) is 5.58. The largest absolute Gasteiger partial charge is 0.396 e. The number of aliphatic hydroxyl groups is 2. The fraction of sp³-hybridized carbons (Fsp3) is 0.889. The van der Waals surface area contributed by atoms with Gasteiger partial charge in [0.1, 0.15) is 5.78 Å². The van der Waals surface area contributed by atoms with Crippen LogP contribution in [0.15, 0.2) is 0 Å². The summed E-state index contributed by atoms with van der Waals surface area (Å²) in [5.41, 5.74) is -0.633. The minimum atomic E-state index is -0.633. The molecule has 72 valence electrons. The highest BCUT2D eigenvalue weighted by atomic mass is 16.3. The van der Waals surface area contributed by atoms with E-state index >= 15 is 0 Å². The molecule has 0 rings (SSSR count). The molecule has 0 saturated heterocycles. The predicted octanol–water partition coefficient (Wildman–Crippen LogP) is 0.737. The first-order valence-corrected chi connectivity index (χ1v) is 4.31. The Hall–Kier alpha value is -0.410. The van der Waals surface area contributed by atoms with Crippen molar-refractivity contribution in [3.63, 3.8) is 0 Å². The number of hydrogen-bond donors (Lipinski definition) is 2. The molecule has 0 atom stereocenters. The zero-order valence-corrected chi connectivity index (χ0v) is 7.84. The molecule has 0 aromatic heterocycles. The van der Waals surface area contributed by atoms with Crippen molar-refractivity contribution >= 4 is 5.78 Å². The molecule has 0 aromatic rings. The topological polar surface area (TPSA) is 57.5 Å². The van der Waals surface area contributed by atoms with Gasteiger partial charge in [-0.25, -0.2) is 0 Å². The number of carbonyl (C=O) groups is 1. The summed E-state index contributed by atoms with van der Waals surface area (Å²) < 4.78 is 0. The summed E-state index contributed by atoms with van der Waals surface area (Å²) in [6.07, 6.45) is 1.63. The molecular weight excluding hydrogens is 156 g/mol. The molecular formula is C9H18O3. The van der Waals surface area contributed by atoms with Gasteiger partial charge in [0.15, 0.2) is 0 Å². The Bertz CT molecular complexity index is 139. The van der Waals surface area contributed by atoms with E-state index in [1.807, 2.05) is 6.92 Å². The van der Waals surface area contributed by atoms with Crippen molar-refractivity contribution in [1.29, 1.82) is 0 Å². The summed E-state index contributed by atoms with van der Waals surface area (Å²) >= 11 is 0. The average molecular weight is 174 g/mol. The molecule has 3 heteroatoms. The molecule has 0 radical (unpaired) electrons. The molecule has 0 saturated carbocycles. The number of ketones is 1. The highest BCUT2D eigenvalue weighted by Gasteiger charge is 2.25. The minimum absolute atomic E-state index is 0.114. The molecule has 0 fully saturated rings. The van der Waals surface area contributed by atoms with Gasteiger partial charge < -0.3 is 10.2 Å². The fourth-order valence-electron chi connectivity index (χ4n) is 1.01. The van der Waals surface area contributed by atoms with Crippen molar-refractivity contribution < 1.29 is 15.0 Å². The van der Waals surface area contributed by atoms with Crippen molar-refractivity contribution in [2.45, 2.75) is 33.1 Å². The first-order valence-electron chi connectivity index (χ1n) is 4.31. The van der Waals surface area contributed by atoms with Crippen molar-refractivity contribution in [3.05, 3.63) is 0 Å². The molecule has 0 aliphatic heterocycles. The van der Waals surface area contributed by atoms with E-state index in [4.69, 9.17) is 10.2 Å². The predicted molar refractivity (Wildman–Crippen MR) is 46.8 cm³/mol. The zero-order valence-electron chi connectivity index (χ0n) is 7.84. The van der Waals surface area contributed by atoms with Gasteiger partial charge in [-0.15, -0.1) is 0 Å². The molecule has 0 aliphatic carbocycles. The minimum Gasteiger partial charge on any atom is -0.396 e. The van der Waals surface area contributed by atoms with Gasteiger partial charge in [0.05, 0.1) is 13.2 Å². The van der Waals surface area contributed by atoms with Crippen LogP contribution in [0, 0.1) is 5.41 Å². The molecule has 12 heavy (non-hydrogen) atoms. The van der Waals surface area contributed by atoms with Crippen LogP contribution in [0.4, 0.5) is 0 Å². The van der Waals surface area contributed by atoms with Crippen LogP contribution in [-0.2, 0) is 4.79 Å². The Kier molecular flexibility index (Phi) is 5.09. The normalized spacial score (nSPS) is 11.7. The molecule has 0 aromatic carbocycles. The molecule has 2 N–H and O–H groups in total. The molecule has 0 unspecified atom stereocenters. The quantitative estimate of drug-likeness (QED) is 0.624. The van der Waals surface area contributed by atoms with E-state index in [1.165, 1.54) is 0 Å². The van der Waals surface area contributed by atoms with Gasteiger partial charge in [-0.2, -0.15) is 0 Å². The van der Waals surface area contributed by atoms with Crippen LogP contribution in [0.25, 0.3) is 0 Å². The average Bonchev–Trinajstić information content (AvgIpc) is 2.05. The SMILES string of the molecule is CCCC(=O)CC(C)(CO)CO. The summed E-state index contributed by atoms with van der Waals surface area (Å²) in [6.45, 7) is 3.37. The Balaban J connectivity index is 3.93. The third kappa shape index (κ3) is 3.83. The molecule has 0 spiro atoms. The van der Waals surface area contributed by atoms with E-state index in [1.54, 1.807) is 6.92 Å². The highest BCUT2D eigenvalue weighted by Crippen LogP contribution is 2.20. The first kappa shape index (κ1) is 11.6. The lowest BCUT2D eigenvalue weighted by atomic mass is 9.86. The smallest absolute Gasteiger partial charge is 0.133 e. The van der Waals surface area contributed by atoms with Crippen molar-refractivity contribution in [2.24, 2.45) is 5.41 Å². The van der Waals surface area contributed by atoms with Gasteiger partial charge in [0.25, 0.3) is 0 Å². The monoisotopic (exact) mass is 174 g/mol. The third-order valence-corrected chi connectivity index (χ3v) is 1.92. The maximum atomic E-state index is 11.2. The number of carbonyl (C=O) groups excluding carboxylic acids is 1. The van der Waals surface area contributed by atoms with Gasteiger partial charge in [-0.05, 0) is 6.42 Å². The van der Waals surface area contributed by atoms with Crippen LogP contribution in [-0.4, -0.2) is 29.2 Å². The zero-order chi connectivity index (χ0) is 9.61. The Labute approximate surface area is 73.4 Å². The summed E-state index contributed by atoms with van der Waals surface area (Å²) in [7, 11) is 0. The van der Waals surface area contributed by atoms with Crippen LogP contribution < -0.4 is 0 Å². The van der Waals surface area contributed by atoms with Crippen LogP contribution in [0.2, 0.25) is 0 Å². The van der Waals surface area contributed by atoms with E-state index in [2.05, 4.69) is 0 Å². The van der Waals surface area contributed by atoms with Crippen LogP contribution in [0.3, 0.4) is 0 Å². The second-order valence-electron chi connectivity index (χ2n) is 3.59. The Morgan fingerprint density at radius 2 is 1.83 bits per heavy atom. The number of Topliss-reactive ketones (excluding diaryl/α,β-unsaturated/α-hetero) is 1. The van der Waals surface area contributed by atoms with Crippen LogP contribution >= 0.6 is 0 Å². The van der Waals surface area contributed by atoms with Gasteiger partial charge in [-0.1, -0.05) is 13.8 Å². The van der Waals surface area contributed by atoms with E-state index < -0.39 is 5.41 Å². The van der Waals surface area contributed by atoms with E-state index in [0.717, 1.165) is 6.42 Å². The second kappa shape index (κ2) is 5.27. The van der Waals surface area contributed by atoms with Crippen LogP contribution in [0.5, 0.6) is 0 Å². The summed E-state index contributed by atoms with van der Waals surface area (Å²) in [6, 6.07) is 0. The fourth-order valence-corrected chi connectivity index (χ4v) is 1.01. The number of hydrogen-bond acceptors (Lipinski definition) is 3. The Morgan fingerprint density at radius 3 is 2.17 bits per heavy atom. The van der Waals surface area contributed by atoms with Gasteiger partial charge in [-0.3, -0.25) is 4.79 Å². The summed E-state index contributed by atoms with van der Waals surface area (Å²) in [5, 5.41) is 17.8. The lowest BCUT2D eigenvalue weighted by Crippen LogP contribution is -2.29. The molecule has 0 aliphatic rings. The van der Waals surface area contributed by atoms with Crippen LogP contribution in [0.1, 0.15) is 33.1 Å². The van der Waals surface area contributed by atoms with Gasteiger partial charge >= 0.3 is 0 Å². The maximum absolute atomic E-state index is 11.2. The van der Waals surface area contributed by atoms with E-state index in [-0.39, 0.29) is 25.4 Å². The highest BCUT2D eigenvalue weighted by molar-refractivity contribution is 5.79. The summed E-state index contributed by atoms with van der Waals surface area (Å²) in [4.78, 5) is 11.2. The van der Waals surface area contributed by atoms with Crippen molar-refractivity contribution in [1.82, 2.24) is 0 Å². The van der Waals surface area contributed by atoms with Gasteiger partial charge in [0.2, 0.25) is 0 Å². The summed E-state index contributed by atoms with van der Waals surface area (Å²) in [5.74, 6) is 0.114. The molecule has 3 nitrogen and oxygen atoms in total. The Morgan fingerprint density at radius 1 is 1.33 bits per heavy atom. The van der Waals surface area contributed by atoms with E-state index in [9.17, 15) is 4.79 Å². The molecule has 0 amide bonds. The lowest BCUT2D eigenvalue weighted by Gasteiger charge is -2.23. The number of rotatable bonds is 6. The van der Waals surface area contributed by atoms with Gasteiger partial charge in [0, 0.05) is 18.3 Å². The number of aliphatic hydroxyl groups excluding tert-OH is 2. The third-order valence-electron chi connectivity index (χ3n) is 1.92. The molecule has 0 bridgehead atoms. The molecule has 0 heterocycles. The van der Waals surface area contributed by atoms with Crippen molar-refractivity contribution in [3.8, 4) is 0 Å². The standard InChI is InChI=1S/C9H18O3/c1-3-4-8(12)5-9(2,6-10)7-11/h10-11H,3-7H2,1-2H3. The second-order valence-corrected chi connectivity index (χ2v) is 3.59.